The maximum Gasteiger partial charge on any atom is 0.229 e. The molecule has 1 aliphatic rings. The summed E-state index contributed by atoms with van der Waals surface area (Å²) in [6, 6.07) is 17.8. The number of carbonyl (C=O) groups is 1. The van der Waals surface area contributed by atoms with Crippen molar-refractivity contribution in [3.63, 3.8) is 0 Å². The van der Waals surface area contributed by atoms with E-state index in [-0.39, 0.29) is 11.8 Å². The Morgan fingerprint density at radius 3 is 2.77 bits per heavy atom. The van der Waals surface area contributed by atoms with Crippen molar-refractivity contribution >= 4 is 29.2 Å². The molecule has 1 fully saturated rings. The van der Waals surface area contributed by atoms with Crippen LogP contribution >= 0.6 is 11.8 Å². The van der Waals surface area contributed by atoms with E-state index in [9.17, 15) is 4.79 Å². The smallest absolute Gasteiger partial charge is 0.229 e. The van der Waals surface area contributed by atoms with Crippen LogP contribution in [0.5, 0.6) is 5.75 Å². The molecule has 0 aliphatic carbocycles. The highest BCUT2D eigenvalue weighted by molar-refractivity contribution is 7.98. The lowest BCUT2D eigenvalue weighted by Gasteiger charge is -2.33. The molecule has 1 saturated heterocycles. The Kier molecular flexibility index (Phi) is 6.72. The predicted molar refractivity (Wildman–Crippen MR) is 126 cm³/mol. The molecule has 1 aliphatic heterocycles. The second-order valence-corrected chi connectivity index (χ2v) is 8.38. The summed E-state index contributed by atoms with van der Waals surface area (Å²) >= 11 is 1.66. The molecule has 0 radical (unpaired) electrons. The number of rotatable bonds is 6. The number of methoxy groups -OCH3 is 1. The van der Waals surface area contributed by atoms with E-state index in [1.54, 1.807) is 25.2 Å². The third-order valence-electron chi connectivity index (χ3n) is 5.49. The molecule has 4 rings (SSSR count). The number of thioether (sulfide) groups is 1. The number of amides is 1. The van der Waals surface area contributed by atoms with E-state index in [4.69, 9.17) is 4.74 Å². The van der Waals surface area contributed by atoms with E-state index in [0.717, 1.165) is 52.8 Å². The van der Waals surface area contributed by atoms with Gasteiger partial charge in [-0.05, 0) is 61.6 Å². The molecule has 7 heteroatoms. The van der Waals surface area contributed by atoms with Gasteiger partial charge in [-0.1, -0.05) is 6.07 Å². The fraction of sp³-hybridized carbons (Fsp3) is 0.292. The molecule has 2 heterocycles. The van der Waals surface area contributed by atoms with Crippen LogP contribution in [0.3, 0.4) is 0 Å². The Morgan fingerprint density at radius 2 is 2.00 bits per heavy atom. The SMILES string of the molecule is COc1ccc(-c2cc(N3CCCC(C(=O)Nc4cccc(SC)c4)C3)ncn2)cc1. The monoisotopic (exact) mass is 434 g/mol. The molecule has 1 amide bonds. The van der Waals surface area contributed by atoms with E-state index in [2.05, 4.69) is 20.2 Å². The number of ether oxygens (including phenoxy) is 1. The molecule has 3 aromatic rings. The van der Waals surface area contributed by atoms with E-state index in [1.807, 2.05) is 60.9 Å². The first-order chi connectivity index (χ1) is 15.2. The zero-order chi connectivity index (χ0) is 21.6. The Balaban J connectivity index is 1.46. The van der Waals surface area contributed by atoms with Crippen molar-refractivity contribution in [2.24, 2.45) is 5.92 Å². The van der Waals surface area contributed by atoms with Crippen molar-refractivity contribution in [2.75, 3.05) is 36.7 Å². The summed E-state index contributed by atoms with van der Waals surface area (Å²) in [5, 5.41) is 3.08. The van der Waals surface area contributed by atoms with Gasteiger partial charge >= 0.3 is 0 Å². The summed E-state index contributed by atoms with van der Waals surface area (Å²) < 4.78 is 5.23. The second-order valence-electron chi connectivity index (χ2n) is 7.50. The number of hydrogen-bond acceptors (Lipinski definition) is 6. The van der Waals surface area contributed by atoms with Crippen molar-refractivity contribution < 1.29 is 9.53 Å². The van der Waals surface area contributed by atoms with Crippen LogP contribution in [0.2, 0.25) is 0 Å². The van der Waals surface area contributed by atoms with Crippen LogP contribution < -0.4 is 15.0 Å². The van der Waals surface area contributed by atoms with Crippen LogP contribution in [0.4, 0.5) is 11.5 Å². The maximum absolute atomic E-state index is 12.9. The molecule has 2 aromatic carbocycles. The van der Waals surface area contributed by atoms with Gasteiger partial charge in [-0.25, -0.2) is 9.97 Å². The summed E-state index contributed by atoms with van der Waals surface area (Å²) in [6.45, 7) is 1.53. The van der Waals surface area contributed by atoms with Gasteiger partial charge in [-0.15, -0.1) is 11.8 Å². The number of nitrogens with zero attached hydrogens (tertiary/aromatic N) is 3. The summed E-state index contributed by atoms with van der Waals surface area (Å²) in [4.78, 5) is 25.1. The predicted octanol–water partition coefficient (Wildman–Crippen LogP) is 4.73. The minimum atomic E-state index is -0.0777. The van der Waals surface area contributed by atoms with Crippen LogP contribution in [0.1, 0.15) is 12.8 Å². The maximum atomic E-state index is 12.9. The quantitative estimate of drug-likeness (QED) is 0.566. The summed E-state index contributed by atoms with van der Waals surface area (Å²) in [5.41, 5.74) is 2.70. The third kappa shape index (κ3) is 5.17. The molecule has 31 heavy (non-hydrogen) atoms. The molecule has 1 atom stereocenters. The normalized spacial score (nSPS) is 16.1. The Hall–Kier alpha value is -3.06. The number of hydrogen-bond donors (Lipinski definition) is 1. The van der Waals surface area contributed by atoms with Crippen molar-refractivity contribution in [1.29, 1.82) is 0 Å². The fourth-order valence-electron chi connectivity index (χ4n) is 3.78. The highest BCUT2D eigenvalue weighted by Gasteiger charge is 2.27. The van der Waals surface area contributed by atoms with Gasteiger partial charge in [-0.2, -0.15) is 0 Å². The van der Waals surface area contributed by atoms with Crippen molar-refractivity contribution in [3.05, 3.63) is 60.9 Å². The van der Waals surface area contributed by atoms with Crippen molar-refractivity contribution in [2.45, 2.75) is 17.7 Å². The minimum Gasteiger partial charge on any atom is -0.497 e. The first kappa shape index (κ1) is 21.2. The largest absolute Gasteiger partial charge is 0.497 e. The van der Waals surface area contributed by atoms with Gasteiger partial charge in [0, 0.05) is 35.3 Å². The van der Waals surface area contributed by atoms with Gasteiger partial charge in [0.2, 0.25) is 5.91 Å². The average Bonchev–Trinajstić information content (AvgIpc) is 2.84. The Morgan fingerprint density at radius 1 is 1.16 bits per heavy atom. The molecule has 0 spiro atoms. The second kappa shape index (κ2) is 9.83. The fourth-order valence-corrected chi connectivity index (χ4v) is 4.24. The zero-order valence-corrected chi connectivity index (χ0v) is 18.6. The van der Waals surface area contributed by atoms with Gasteiger partial charge in [0.25, 0.3) is 0 Å². The number of carbonyl (C=O) groups excluding carboxylic acids is 1. The number of benzene rings is 2. The van der Waals surface area contributed by atoms with Gasteiger partial charge in [0.15, 0.2) is 0 Å². The number of anilines is 2. The first-order valence-electron chi connectivity index (χ1n) is 10.3. The van der Waals surface area contributed by atoms with E-state index in [0.29, 0.717) is 6.54 Å². The van der Waals surface area contributed by atoms with Crippen LogP contribution in [0, 0.1) is 5.92 Å². The molecule has 1 aromatic heterocycles. The molecular formula is C24H26N4O2S. The number of nitrogens with one attached hydrogen (secondary N) is 1. The Bertz CT molecular complexity index is 1040. The number of piperidine rings is 1. The van der Waals surface area contributed by atoms with Crippen LogP contribution in [0.15, 0.2) is 65.8 Å². The first-order valence-corrected chi connectivity index (χ1v) is 11.5. The van der Waals surface area contributed by atoms with Crippen LogP contribution in [-0.4, -0.2) is 42.3 Å². The van der Waals surface area contributed by atoms with Gasteiger partial charge in [-0.3, -0.25) is 4.79 Å². The highest BCUT2D eigenvalue weighted by atomic mass is 32.2. The zero-order valence-electron chi connectivity index (χ0n) is 17.7. The highest BCUT2D eigenvalue weighted by Crippen LogP contribution is 2.27. The lowest BCUT2D eigenvalue weighted by molar-refractivity contribution is -0.120. The molecule has 0 bridgehead atoms. The summed E-state index contributed by atoms with van der Waals surface area (Å²) in [6.07, 6.45) is 5.44. The van der Waals surface area contributed by atoms with Crippen molar-refractivity contribution in [1.82, 2.24) is 9.97 Å². The lowest BCUT2D eigenvalue weighted by atomic mass is 9.97. The standard InChI is InChI=1S/C24H26N4O2S/c1-30-20-10-8-17(9-11-20)22-14-23(26-16-25-22)28-12-4-5-18(15-28)24(29)27-19-6-3-7-21(13-19)31-2/h3,6-11,13-14,16,18H,4-5,12,15H2,1-2H3,(H,27,29). The lowest BCUT2D eigenvalue weighted by Crippen LogP contribution is -2.41. The van der Waals surface area contributed by atoms with Gasteiger partial charge in [0.1, 0.15) is 17.9 Å². The molecular weight excluding hydrogens is 408 g/mol. The third-order valence-corrected chi connectivity index (χ3v) is 6.22. The summed E-state index contributed by atoms with van der Waals surface area (Å²) in [5.74, 6) is 1.65. The topological polar surface area (TPSA) is 67.3 Å². The van der Waals surface area contributed by atoms with Gasteiger partial charge < -0.3 is 15.0 Å². The Labute approximate surface area is 187 Å². The van der Waals surface area contributed by atoms with Crippen LogP contribution in [0.25, 0.3) is 11.3 Å². The van der Waals surface area contributed by atoms with E-state index < -0.39 is 0 Å². The molecule has 1 unspecified atom stereocenters. The molecule has 1 N–H and O–H groups in total. The average molecular weight is 435 g/mol. The van der Waals surface area contributed by atoms with Gasteiger partial charge in [0.05, 0.1) is 18.7 Å². The number of aromatic nitrogens is 2. The van der Waals surface area contributed by atoms with E-state index >= 15 is 0 Å². The molecule has 160 valence electrons. The minimum absolute atomic E-state index is 0.0624. The molecule has 0 saturated carbocycles. The van der Waals surface area contributed by atoms with Crippen molar-refractivity contribution in [3.8, 4) is 17.0 Å². The molecule has 6 nitrogen and oxygen atoms in total. The van der Waals surface area contributed by atoms with Crippen LogP contribution in [-0.2, 0) is 4.79 Å². The van der Waals surface area contributed by atoms with E-state index in [1.165, 1.54) is 0 Å². The summed E-state index contributed by atoms with van der Waals surface area (Å²) in [7, 11) is 1.65.